The van der Waals surface area contributed by atoms with E-state index in [2.05, 4.69) is 6.92 Å². The molecule has 0 radical (unpaired) electrons. The van der Waals surface area contributed by atoms with E-state index in [-0.39, 0.29) is 18.4 Å². The van der Waals surface area contributed by atoms with E-state index in [0.29, 0.717) is 42.3 Å². The Bertz CT molecular complexity index is 1060. The topological polar surface area (TPSA) is 120 Å². The highest BCUT2D eigenvalue weighted by Gasteiger charge is 2.48. The normalized spacial score (nSPS) is 27.0. The lowest BCUT2D eigenvalue weighted by Crippen LogP contribution is -2.61. The third kappa shape index (κ3) is 9.17. The summed E-state index contributed by atoms with van der Waals surface area (Å²) in [4.78, 5) is 30.0. The number of carbonyl (C=O) groups excluding carboxylic acids is 2. The van der Waals surface area contributed by atoms with E-state index in [0.717, 1.165) is 19.3 Å². The second-order valence-electron chi connectivity index (χ2n) is 12.7. The van der Waals surface area contributed by atoms with Gasteiger partial charge in [0, 0.05) is 18.2 Å². The number of hydrogen-bond donors (Lipinski definition) is 3. The fourth-order valence-electron chi connectivity index (χ4n) is 6.78. The van der Waals surface area contributed by atoms with Gasteiger partial charge in [0.1, 0.15) is 30.5 Å². The Morgan fingerprint density at radius 2 is 1.50 bits per heavy atom. The first-order valence-corrected chi connectivity index (χ1v) is 17.4. The van der Waals surface area contributed by atoms with Crippen LogP contribution in [-0.4, -0.2) is 88.5 Å². The van der Waals surface area contributed by atoms with Gasteiger partial charge in [0.05, 0.1) is 17.8 Å². The largest absolute Gasteiger partial charge is 0.388 e. The molecule has 3 aliphatic heterocycles. The summed E-state index contributed by atoms with van der Waals surface area (Å²) in [5.41, 5.74) is 0.696. The average Bonchev–Trinajstić information content (AvgIpc) is 3.49. The number of amides is 2. The van der Waals surface area contributed by atoms with Crippen LogP contribution in [0.2, 0.25) is 5.02 Å². The molecule has 0 bridgehead atoms. The predicted octanol–water partition coefficient (Wildman–Crippen LogP) is 5.60. The fourth-order valence-corrected chi connectivity index (χ4v) is 6.96. The number of aliphatic hydroxyl groups is 3. The molecule has 2 amide bonds. The van der Waals surface area contributed by atoms with Crippen LogP contribution in [0.3, 0.4) is 0 Å². The van der Waals surface area contributed by atoms with E-state index in [1.54, 1.807) is 23.1 Å². The van der Waals surface area contributed by atoms with Gasteiger partial charge in [-0.2, -0.15) is 0 Å². The third-order valence-corrected chi connectivity index (χ3v) is 9.61. The van der Waals surface area contributed by atoms with Crippen LogP contribution in [0.25, 0.3) is 0 Å². The van der Waals surface area contributed by atoms with E-state index in [4.69, 9.17) is 21.1 Å². The smallest absolute Gasteiger partial charge is 0.256 e. The van der Waals surface area contributed by atoms with Gasteiger partial charge in [0.2, 0.25) is 5.91 Å². The highest BCUT2D eigenvalue weighted by Crippen LogP contribution is 2.35. The molecule has 10 heteroatoms. The Morgan fingerprint density at radius 1 is 0.886 bits per heavy atom. The maximum absolute atomic E-state index is 13.7. The summed E-state index contributed by atoms with van der Waals surface area (Å²) in [6, 6.07) is 4.18. The molecule has 3 N–H and O–H groups in total. The molecular weight excluding hydrogens is 584 g/mol. The minimum Gasteiger partial charge on any atom is -0.388 e. The van der Waals surface area contributed by atoms with E-state index < -0.39 is 36.7 Å². The van der Waals surface area contributed by atoms with Crippen molar-refractivity contribution in [3.05, 3.63) is 28.8 Å². The molecule has 3 heterocycles. The van der Waals surface area contributed by atoms with Crippen LogP contribution in [0.1, 0.15) is 120 Å². The zero-order valence-electron chi connectivity index (χ0n) is 26.4. The highest BCUT2D eigenvalue weighted by molar-refractivity contribution is 6.31. The van der Waals surface area contributed by atoms with Crippen molar-refractivity contribution < 1.29 is 34.4 Å². The summed E-state index contributed by atoms with van der Waals surface area (Å²) in [7, 11) is 0. The molecule has 44 heavy (non-hydrogen) atoms. The first kappa shape index (κ1) is 35.1. The number of carbonyl (C=O) groups is 2. The number of ether oxygens (including phenoxy) is 2. The maximum Gasteiger partial charge on any atom is 0.256 e. The Balaban J connectivity index is 1.22. The van der Waals surface area contributed by atoms with Crippen LogP contribution in [0, 0.1) is 0 Å². The van der Waals surface area contributed by atoms with Gasteiger partial charge >= 0.3 is 0 Å². The predicted molar refractivity (Wildman–Crippen MR) is 171 cm³/mol. The maximum atomic E-state index is 13.7. The molecule has 0 aromatic heterocycles. The summed E-state index contributed by atoms with van der Waals surface area (Å²) in [6.07, 6.45) is 12.3. The summed E-state index contributed by atoms with van der Waals surface area (Å²) in [6.45, 7) is 2.96. The first-order chi connectivity index (χ1) is 21.3. The van der Waals surface area contributed by atoms with Gasteiger partial charge in [0.25, 0.3) is 5.91 Å². The molecule has 1 aromatic carbocycles. The van der Waals surface area contributed by atoms with Crippen molar-refractivity contribution in [3.8, 4) is 0 Å². The van der Waals surface area contributed by atoms with Gasteiger partial charge in [-0.25, -0.2) is 0 Å². The monoisotopic (exact) mass is 636 g/mol. The highest BCUT2D eigenvalue weighted by atomic mass is 35.5. The summed E-state index contributed by atoms with van der Waals surface area (Å²) >= 11 is 6.21. The van der Waals surface area contributed by atoms with Crippen LogP contribution in [0.4, 0.5) is 5.69 Å². The molecule has 0 aliphatic carbocycles. The minimum atomic E-state index is -1.58. The molecule has 0 spiro atoms. The minimum absolute atomic E-state index is 0.116. The summed E-state index contributed by atoms with van der Waals surface area (Å²) in [5, 5.41) is 32.6. The Morgan fingerprint density at radius 3 is 2.14 bits per heavy atom. The standard InChI is InChI=1S/C34H53ClN2O7/c1-2-3-4-5-6-7-8-9-10-11-12-13-14-15-21-43-31-29(38)28(44-34(42)30(31)39)23-37-26-19-18-24(35)22-25(26)32(40)36-20-16-17-27(36)33(37)41/h18-19,22,27-31,34,38-39,42H,2-17,20-21,23H2,1H3/t27?,28-,29-,30-,31+,34+/m1/s1. The number of benzene rings is 1. The molecule has 1 aromatic rings. The van der Waals surface area contributed by atoms with Crippen molar-refractivity contribution >= 4 is 29.1 Å². The number of fused-ring (bicyclic) bond motifs is 2. The molecular formula is C34H53ClN2O7. The van der Waals surface area contributed by atoms with Crippen molar-refractivity contribution in [2.75, 3.05) is 24.6 Å². The first-order valence-electron chi connectivity index (χ1n) is 17.1. The van der Waals surface area contributed by atoms with Gasteiger partial charge < -0.3 is 34.6 Å². The number of nitrogens with zero attached hydrogens (tertiary/aromatic N) is 2. The van der Waals surface area contributed by atoms with E-state index >= 15 is 0 Å². The zero-order valence-corrected chi connectivity index (χ0v) is 27.1. The van der Waals surface area contributed by atoms with Gasteiger partial charge in [-0.05, 0) is 37.5 Å². The van der Waals surface area contributed by atoms with Crippen LogP contribution in [0.5, 0.6) is 0 Å². The summed E-state index contributed by atoms with van der Waals surface area (Å²) < 4.78 is 11.5. The number of halogens is 1. The molecule has 6 atom stereocenters. The number of rotatable bonds is 18. The number of unbranched alkanes of at least 4 members (excludes halogenated alkanes) is 13. The van der Waals surface area contributed by atoms with Crippen LogP contribution >= 0.6 is 11.6 Å². The van der Waals surface area contributed by atoms with E-state index in [9.17, 15) is 24.9 Å². The van der Waals surface area contributed by atoms with Crippen molar-refractivity contribution in [2.24, 2.45) is 0 Å². The van der Waals surface area contributed by atoms with Crippen molar-refractivity contribution in [2.45, 2.75) is 146 Å². The number of anilines is 1. The van der Waals surface area contributed by atoms with Crippen LogP contribution < -0.4 is 4.90 Å². The molecule has 2 saturated heterocycles. The van der Waals surface area contributed by atoms with Crippen LogP contribution in [-0.2, 0) is 14.3 Å². The van der Waals surface area contributed by atoms with Gasteiger partial charge in [-0.3, -0.25) is 9.59 Å². The molecule has 9 nitrogen and oxygen atoms in total. The molecule has 3 aliphatic rings. The molecule has 0 saturated carbocycles. The molecule has 1 unspecified atom stereocenters. The summed E-state index contributed by atoms with van der Waals surface area (Å²) in [5.74, 6) is -0.524. The molecule has 4 rings (SSSR count). The fraction of sp³-hybridized carbons (Fsp3) is 0.765. The SMILES string of the molecule is CCCCCCCCCCCCCCCCO[C@@H]1[C@@H](O)[C@@H](O)O[C@H](CN2C(=O)C3CCCN3C(=O)c3cc(Cl)ccc32)[C@H]1O. The lowest BCUT2D eigenvalue weighted by molar-refractivity contribution is -0.287. The third-order valence-electron chi connectivity index (χ3n) is 9.38. The Hall–Kier alpha value is -1.75. The molecule has 248 valence electrons. The Kier molecular flexibility index (Phi) is 14.2. The molecule has 2 fully saturated rings. The zero-order chi connectivity index (χ0) is 31.5. The second kappa shape index (κ2) is 17.8. The number of hydrogen-bond acceptors (Lipinski definition) is 7. The lowest BCUT2D eigenvalue weighted by Gasteiger charge is -2.42. The van der Waals surface area contributed by atoms with Crippen molar-refractivity contribution in [1.82, 2.24) is 4.90 Å². The van der Waals surface area contributed by atoms with E-state index in [1.807, 2.05) is 0 Å². The Labute approximate surface area is 267 Å². The van der Waals surface area contributed by atoms with Crippen molar-refractivity contribution in [3.63, 3.8) is 0 Å². The average molecular weight is 637 g/mol. The van der Waals surface area contributed by atoms with Crippen LogP contribution in [0.15, 0.2) is 18.2 Å². The quantitative estimate of drug-likeness (QED) is 0.180. The van der Waals surface area contributed by atoms with Gasteiger partial charge in [-0.15, -0.1) is 0 Å². The van der Waals surface area contributed by atoms with Crippen molar-refractivity contribution in [1.29, 1.82) is 0 Å². The van der Waals surface area contributed by atoms with Gasteiger partial charge in [0.15, 0.2) is 6.29 Å². The van der Waals surface area contributed by atoms with Gasteiger partial charge in [-0.1, -0.05) is 102 Å². The second-order valence-corrected chi connectivity index (χ2v) is 13.2. The number of aliphatic hydroxyl groups excluding tert-OH is 3. The van der Waals surface area contributed by atoms with E-state index in [1.165, 1.54) is 75.5 Å². The lowest BCUT2D eigenvalue weighted by atomic mass is 9.97.